The van der Waals surface area contributed by atoms with Gasteiger partial charge in [0.2, 0.25) is 0 Å². The Morgan fingerprint density at radius 2 is 1.11 bits per heavy atom. The van der Waals surface area contributed by atoms with Gasteiger partial charge in [-0.25, -0.2) is 0 Å². The number of benzene rings is 3. The molecule has 1 fully saturated rings. The van der Waals surface area contributed by atoms with Crippen molar-refractivity contribution in [3.63, 3.8) is 0 Å². The number of ether oxygens (including phenoxy) is 4. The first kappa shape index (κ1) is 25.7. The molecule has 9 heteroatoms. The quantitative estimate of drug-likeness (QED) is 0.233. The lowest BCUT2D eigenvalue weighted by molar-refractivity contribution is -0.0919. The van der Waals surface area contributed by atoms with Gasteiger partial charge in [-0.15, -0.1) is 0 Å². The van der Waals surface area contributed by atoms with Crippen LogP contribution in [0.15, 0.2) is 91.0 Å². The minimum Gasteiger partial charge on any atom is -0.374 e. The fraction of sp³-hybridized carbons (Fsp3) is 0.286. The molecule has 4 aromatic rings. The summed E-state index contributed by atoms with van der Waals surface area (Å²) in [5.41, 5.74) is 3.20. The van der Waals surface area contributed by atoms with Crippen LogP contribution in [0.1, 0.15) is 22.9 Å². The van der Waals surface area contributed by atoms with Gasteiger partial charge < -0.3 is 18.9 Å². The Morgan fingerprint density at radius 3 is 1.62 bits per heavy atom. The molecule has 192 valence electrons. The van der Waals surface area contributed by atoms with Crippen LogP contribution in [0.3, 0.4) is 0 Å². The van der Waals surface area contributed by atoms with Crippen LogP contribution in [0, 0.1) is 9.54 Å². The molecule has 3 aromatic carbocycles. The van der Waals surface area contributed by atoms with E-state index in [2.05, 4.69) is 10.2 Å². The van der Waals surface area contributed by atoms with E-state index in [1.165, 1.54) is 0 Å². The molecule has 1 aliphatic rings. The van der Waals surface area contributed by atoms with Crippen molar-refractivity contribution in [2.75, 3.05) is 6.61 Å². The van der Waals surface area contributed by atoms with E-state index in [9.17, 15) is 0 Å². The van der Waals surface area contributed by atoms with E-state index in [1.807, 2.05) is 91.0 Å². The lowest BCUT2D eigenvalue weighted by Gasteiger charge is -2.25. The maximum Gasteiger partial charge on any atom is 0.196 e. The third-order valence-electron chi connectivity index (χ3n) is 6.22. The predicted octanol–water partition coefficient (Wildman–Crippen LogP) is 5.89. The van der Waals surface area contributed by atoms with E-state index in [0.717, 1.165) is 16.7 Å². The van der Waals surface area contributed by atoms with Crippen LogP contribution in [-0.2, 0) is 38.8 Å². The molecule has 7 nitrogen and oxygen atoms in total. The fourth-order valence-corrected chi connectivity index (χ4v) is 4.93. The number of rotatable bonds is 11. The molecule has 1 aromatic heterocycles. The molecule has 0 aliphatic carbocycles. The second kappa shape index (κ2) is 12.6. The Kier molecular flexibility index (Phi) is 8.72. The van der Waals surface area contributed by atoms with Crippen molar-refractivity contribution >= 4 is 24.4 Å². The third kappa shape index (κ3) is 6.51. The van der Waals surface area contributed by atoms with Crippen molar-refractivity contribution in [2.45, 2.75) is 44.4 Å². The molecule has 1 saturated heterocycles. The zero-order chi connectivity index (χ0) is 25.5. The van der Waals surface area contributed by atoms with Crippen LogP contribution in [0.5, 0.6) is 0 Å². The zero-order valence-corrected chi connectivity index (χ0v) is 21.8. The molecule has 0 bridgehead atoms. The van der Waals surface area contributed by atoms with E-state index in [0.29, 0.717) is 36.0 Å². The van der Waals surface area contributed by atoms with Crippen molar-refractivity contribution in [3.05, 3.63) is 117 Å². The first-order valence-electron chi connectivity index (χ1n) is 12.2. The molecule has 0 saturated carbocycles. The molecular formula is C28H29N3O4S2. The summed E-state index contributed by atoms with van der Waals surface area (Å²) in [5, 5.41) is 5.80. The molecule has 0 radical (unpaired) electrons. The predicted molar refractivity (Wildman–Crippen MR) is 145 cm³/mol. The number of hydrogen-bond donors (Lipinski definition) is 2. The summed E-state index contributed by atoms with van der Waals surface area (Å²) >= 11 is 11.0. The lowest BCUT2D eigenvalue weighted by Crippen LogP contribution is -2.38. The average molecular weight is 536 g/mol. The average Bonchev–Trinajstić information content (AvgIpc) is 3.45. The smallest absolute Gasteiger partial charge is 0.196 e. The first-order chi connectivity index (χ1) is 18.2. The Labute approximate surface area is 226 Å². The van der Waals surface area contributed by atoms with Crippen molar-refractivity contribution in [1.29, 1.82) is 0 Å². The van der Waals surface area contributed by atoms with Crippen LogP contribution >= 0.6 is 24.4 Å². The highest BCUT2D eigenvalue weighted by Crippen LogP contribution is 2.35. The normalized spacial score (nSPS) is 21.3. The largest absolute Gasteiger partial charge is 0.374 e. The monoisotopic (exact) mass is 535 g/mol. The SMILES string of the molecule is S=c1[nH][nH]c(=S)n1[C@@H]1O[C@H](COCc2ccccc2)[C@@H](OCc2ccccc2)[C@H]1OCc1ccccc1. The second-order valence-electron chi connectivity index (χ2n) is 8.82. The van der Waals surface area contributed by atoms with Gasteiger partial charge in [-0.1, -0.05) is 91.0 Å². The Morgan fingerprint density at radius 1 is 0.649 bits per heavy atom. The van der Waals surface area contributed by atoms with Crippen LogP contribution in [0.2, 0.25) is 0 Å². The van der Waals surface area contributed by atoms with Crippen molar-refractivity contribution in [3.8, 4) is 0 Å². The second-order valence-corrected chi connectivity index (χ2v) is 9.59. The highest BCUT2D eigenvalue weighted by atomic mass is 32.1. The maximum absolute atomic E-state index is 6.52. The van der Waals surface area contributed by atoms with Gasteiger partial charge in [0.25, 0.3) is 0 Å². The Balaban J connectivity index is 1.40. The molecule has 37 heavy (non-hydrogen) atoms. The summed E-state index contributed by atoms with van der Waals surface area (Å²) in [6.45, 7) is 1.59. The summed E-state index contributed by atoms with van der Waals surface area (Å²) in [6.07, 6.45) is -1.88. The van der Waals surface area contributed by atoms with Gasteiger partial charge in [0.15, 0.2) is 15.8 Å². The Bertz CT molecular complexity index is 1330. The van der Waals surface area contributed by atoms with Gasteiger partial charge >= 0.3 is 0 Å². The zero-order valence-electron chi connectivity index (χ0n) is 20.2. The molecule has 2 heterocycles. The van der Waals surface area contributed by atoms with Gasteiger partial charge in [-0.05, 0) is 41.1 Å². The molecule has 0 spiro atoms. The van der Waals surface area contributed by atoms with E-state index in [4.69, 9.17) is 43.4 Å². The van der Waals surface area contributed by atoms with Gasteiger partial charge in [0.1, 0.15) is 18.3 Å². The van der Waals surface area contributed by atoms with Crippen molar-refractivity contribution in [1.82, 2.24) is 14.8 Å². The van der Waals surface area contributed by atoms with E-state index < -0.39 is 24.5 Å². The van der Waals surface area contributed by atoms with Gasteiger partial charge in [-0.3, -0.25) is 14.8 Å². The van der Waals surface area contributed by atoms with Crippen LogP contribution < -0.4 is 0 Å². The number of H-pyrrole nitrogens is 2. The molecule has 5 rings (SSSR count). The molecule has 2 N–H and O–H groups in total. The highest BCUT2D eigenvalue weighted by molar-refractivity contribution is 7.72. The van der Waals surface area contributed by atoms with Crippen molar-refractivity contribution in [2.24, 2.45) is 0 Å². The standard InChI is InChI=1S/C28H29N3O4S2/c36-27-29-30-28(37)31(27)26-25(34-18-22-14-8-3-9-15-22)24(33-17-21-12-6-2-7-13-21)23(35-26)19-32-16-20-10-4-1-5-11-20/h1-15,23-26H,16-19H2,(H,29,36)(H,30,37)/t23-,24-,25-,26-/m1/s1. The minimum absolute atomic E-state index is 0.324. The van der Waals surface area contributed by atoms with Crippen molar-refractivity contribution < 1.29 is 18.9 Å². The van der Waals surface area contributed by atoms with Crippen LogP contribution in [0.25, 0.3) is 0 Å². The van der Waals surface area contributed by atoms with Gasteiger partial charge in [0, 0.05) is 0 Å². The summed E-state index contributed by atoms with van der Waals surface area (Å²) in [6, 6.07) is 30.1. The molecule has 4 atom stereocenters. The molecule has 0 amide bonds. The topological polar surface area (TPSA) is 73.4 Å². The highest BCUT2D eigenvalue weighted by Gasteiger charge is 2.48. The van der Waals surface area contributed by atoms with Crippen LogP contribution in [0.4, 0.5) is 0 Å². The maximum atomic E-state index is 6.52. The summed E-state index contributed by atoms with van der Waals surface area (Å²) in [4.78, 5) is 0. The number of nitrogens with one attached hydrogen (secondary N) is 2. The van der Waals surface area contributed by atoms with E-state index in [1.54, 1.807) is 4.57 Å². The summed E-state index contributed by atoms with van der Waals surface area (Å²) in [5.74, 6) is 0. The minimum atomic E-state index is -0.586. The molecule has 0 unspecified atom stereocenters. The fourth-order valence-electron chi connectivity index (χ4n) is 4.38. The number of aromatic nitrogens is 3. The summed E-state index contributed by atoms with van der Waals surface area (Å²) in [7, 11) is 0. The van der Waals surface area contributed by atoms with Crippen LogP contribution in [-0.4, -0.2) is 39.7 Å². The number of nitrogens with zero attached hydrogens (tertiary/aromatic N) is 1. The number of aromatic amines is 2. The Hall–Kier alpha value is -2.92. The first-order valence-corrected chi connectivity index (χ1v) is 13.0. The van der Waals surface area contributed by atoms with Gasteiger partial charge in [-0.2, -0.15) is 0 Å². The van der Waals surface area contributed by atoms with E-state index >= 15 is 0 Å². The lowest BCUT2D eigenvalue weighted by atomic mass is 10.1. The summed E-state index contributed by atoms with van der Waals surface area (Å²) < 4.78 is 28.2. The third-order valence-corrected chi connectivity index (χ3v) is 6.82. The number of hydrogen-bond acceptors (Lipinski definition) is 6. The van der Waals surface area contributed by atoms with E-state index in [-0.39, 0.29) is 0 Å². The molecular weight excluding hydrogens is 506 g/mol. The van der Waals surface area contributed by atoms with Gasteiger partial charge in [0.05, 0.1) is 26.4 Å². The molecule has 1 aliphatic heterocycles.